The zero-order chi connectivity index (χ0) is 56.4. The lowest BCUT2D eigenvalue weighted by molar-refractivity contribution is -0.167. The molecule has 1 atom stereocenters. The van der Waals surface area contributed by atoms with Gasteiger partial charge in [0.05, 0.1) is 0 Å². The lowest BCUT2D eigenvalue weighted by atomic mass is 10.0. The molecule has 0 N–H and O–H groups in total. The zero-order valence-electron chi connectivity index (χ0n) is 50.9. The second kappa shape index (κ2) is 65.3. The standard InChI is InChI=1S/C72H120O6/c1-4-7-10-13-16-19-22-25-28-31-33-35-36-37-39-41-44-47-50-53-56-59-62-65-71(74)77-68-69(67-76-70(73)64-61-58-55-52-49-46-43-40-30-27-24-21-18-15-12-9-6-3)78-72(75)66-63-60-57-54-51-48-45-42-38-34-32-29-26-23-20-17-14-11-8-5-2/h7,9-10,12,16,18-19,21,25,27-28,30,33,35,37,39,43-44,46-47,69H,4-6,8,11,13-15,17,20,22-24,26,29,31-32,34,36,38,40-42,45,48-68H2,1-3H3/b10-7-,12-9-,19-16-,21-18-,28-25-,30-27-,35-33-,39-37-,46-43-,47-44-. The van der Waals surface area contributed by atoms with E-state index in [2.05, 4.69) is 142 Å². The number of carbonyl (C=O) groups excluding carboxylic acids is 3. The molecular formula is C72H120O6. The van der Waals surface area contributed by atoms with Crippen molar-refractivity contribution in [2.75, 3.05) is 13.2 Å². The molecule has 6 nitrogen and oxygen atoms in total. The van der Waals surface area contributed by atoms with Crippen LogP contribution in [0.2, 0.25) is 0 Å². The fourth-order valence-electron chi connectivity index (χ4n) is 8.91. The van der Waals surface area contributed by atoms with Crippen LogP contribution in [-0.4, -0.2) is 37.2 Å². The van der Waals surface area contributed by atoms with Crippen LogP contribution in [-0.2, 0) is 28.6 Å². The summed E-state index contributed by atoms with van der Waals surface area (Å²) in [5.41, 5.74) is 0. The lowest BCUT2D eigenvalue weighted by Gasteiger charge is -2.18. The lowest BCUT2D eigenvalue weighted by Crippen LogP contribution is -2.30. The molecule has 0 aliphatic carbocycles. The third-order valence-corrected chi connectivity index (χ3v) is 13.7. The highest BCUT2D eigenvalue weighted by Gasteiger charge is 2.19. The molecule has 0 aromatic carbocycles. The van der Waals surface area contributed by atoms with Gasteiger partial charge in [-0.15, -0.1) is 0 Å². The second-order valence-electron chi connectivity index (χ2n) is 21.3. The largest absolute Gasteiger partial charge is 0.462 e. The maximum Gasteiger partial charge on any atom is 0.306 e. The van der Waals surface area contributed by atoms with Crippen LogP contribution in [0.4, 0.5) is 0 Å². The molecule has 0 spiro atoms. The van der Waals surface area contributed by atoms with Gasteiger partial charge in [0.2, 0.25) is 0 Å². The first-order valence-corrected chi connectivity index (χ1v) is 32.5. The van der Waals surface area contributed by atoms with Gasteiger partial charge in [-0.2, -0.15) is 0 Å². The zero-order valence-corrected chi connectivity index (χ0v) is 50.9. The third kappa shape index (κ3) is 62.7. The summed E-state index contributed by atoms with van der Waals surface area (Å²) in [5, 5.41) is 0. The summed E-state index contributed by atoms with van der Waals surface area (Å²) in [7, 11) is 0. The predicted octanol–water partition coefficient (Wildman–Crippen LogP) is 22.4. The van der Waals surface area contributed by atoms with Gasteiger partial charge in [0, 0.05) is 19.3 Å². The number of hydrogen-bond donors (Lipinski definition) is 0. The van der Waals surface area contributed by atoms with Gasteiger partial charge in [0.15, 0.2) is 6.10 Å². The van der Waals surface area contributed by atoms with E-state index in [4.69, 9.17) is 14.2 Å². The molecule has 0 radical (unpaired) electrons. The minimum Gasteiger partial charge on any atom is -0.462 e. The Morgan fingerprint density at radius 2 is 0.500 bits per heavy atom. The van der Waals surface area contributed by atoms with Gasteiger partial charge in [-0.25, -0.2) is 0 Å². The molecule has 0 aliphatic rings. The molecule has 0 aromatic rings. The van der Waals surface area contributed by atoms with Crippen molar-refractivity contribution in [1.29, 1.82) is 0 Å². The normalized spacial score (nSPS) is 12.9. The van der Waals surface area contributed by atoms with E-state index in [1.165, 1.54) is 109 Å². The van der Waals surface area contributed by atoms with Gasteiger partial charge in [0.1, 0.15) is 13.2 Å². The quantitative estimate of drug-likeness (QED) is 0.0261. The fraction of sp³-hybridized carbons (Fsp3) is 0.681. The first-order chi connectivity index (χ1) is 38.5. The Kier molecular flexibility index (Phi) is 61.8. The average Bonchev–Trinajstić information content (AvgIpc) is 3.44. The van der Waals surface area contributed by atoms with Crippen molar-refractivity contribution in [3.8, 4) is 0 Å². The Morgan fingerprint density at radius 1 is 0.269 bits per heavy atom. The second-order valence-corrected chi connectivity index (χ2v) is 21.3. The van der Waals surface area contributed by atoms with Crippen LogP contribution in [0.1, 0.15) is 297 Å². The Morgan fingerprint density at radius 3 is 0.782 bits per heavy atom. The summed E-state index contributed by atoms with van der Waals surface area (Å²) in [4.78, 5) is 38.4. The number of hydrogen-bond acceptors (Lipinski definition) is 6. The molecule has 0 rings (SSSR count). The molecule has 0 heterocycles. The molecule has 0 saturated carbocycles. The van der Waals surface area contributed by atoms with Crippen LogP contribution >= 0.6 is 0 Å². The Bertz CT molecular complexity index is 1620. The van der Waals surface area contributed by atoms with E-state index in [9.17, 15) is 14.4 Å². The number of carbonyl (C=O) groups is 3. The van der Waals surface area contributed by atoms with Crippen molar-refractivity contribution < 1.29 is 28.6 Å². The summed E-state index contributed by atoms with van der Waals surface area (Å²) in [6, 6.07) is 0. The van der Waals surface area contributed by atoms with E-state index in [1.807, 2.05) is 0 Å². The minimum atomic E-state index is -0.803. The number of ether oxygens (including phenoxy) is 3. The predicted molar refractivity (Wildman–Crippen MR) is 339 cm³/mol. The van der Waals surface area contributed by atoms with Crippen molar-refractivity contribution in [1.82, 2.24) is 0 Å². The molecule has 0 fully saturated rings. The highest BCUT2D eigenvalue weighted by atomic mass is 16.6. The first-order valence-electron chi connectivity index (χ1n) is 32.5. The number of unbranched alkanes of at least 4 members (excludes halogenated alkanes) is 27. The first kappa shape index (κ1) is 73.8. The van der Waals surface area contributed by atoms with Crippen LogP contribution < -0.4 is 0 Å². The summed E-state index contributed by atoms with van der Waals surface area (Å²) >= 11 is 0. The van der Waals surface area contributed by atoms with E-state index < -0.39 is 6.10 Å². The maximum atomic E-state index is 12.9. The van der Waals surface area contributed by atoms with Crippen molar-refractivity contribution in [3.05, 3.63) is 122 Å². The van der Waals surface area contributed by atoms with Crippen LogP contribution in [0.5, 0.6) is 0 Å². The van der Waals surface area contributed by atoms with E-state index in [0.29, 0.717) is 19.3 Å². The smallest absolute Gasteiger partial charge is 0.306 e. The molecule has 0 bridgehead atoms. The fourth-order valence-corrected chi connectivity index (χ4v) is 8.91. The van der Waals surface area contributed by atoms with Crippen molar-refractivity contribution in [2.24, 2.45) is 0 Å². The Balaban J connectivity index is 4.46. The van der Waals surface area contributed by atoms with Crippen LogP contribution in [0, 0.1) is 0 Å². The summed E-state index contributed by atoms with van der Waals surface area (Å²) in [6.45, 7) is 6.40. The van der Waals surface area contributed by atoms with Gasteiger partial charge in [-0.05, 0) is 109 Å². The van der Waals surface area contributed by atoms with Crippen LogP contribution in [0.25, 0.3) is 0 Å². The molecule has 78 heavy (non-hydrogen) atoms. The van der Waals surface area contributed by atoms with E-state index >= 15 is 0 Å². The van der Waals surface area contributed by atoms with E-state index in [1.54, 1.807) is 0 Å². The molecule has 0 amide bonds. The molecular weight excluding hydrogens is 961 g/mol. The van der Waals surface area contributed by atoms with E-state index in [0.717, 1.165) is 148 Å². The summed E-state index contributed by atoms with van der Waals surface area (Å²) < 4.78 is 16.9. The summed E-state index contributed by atoms with van der Waals surface area (Å²) in [5.74, 6) is -0.937. The Hall–Kier alpha value is -4.19. The molecule has 6 heteroatoms. The van der Waals surface area contributed by atoms with Gasteiger partial charge in [-0.3, -0.25) is 14.4 Å². The SMILES string of the molecule is CC/C=C\C/C=C\C/C=C\C/C=C\C/C=C\C/C=C\CCCCCCC(=O)OCC(COC(=O)CCCCCC/C=C\C/C=C\C/C=C\C/C=C\CC)OC(=O)CCCCCCCCCCCCCCCCCCCCCC. The van der Waals surface area contributed by atoms with Crippen LogP contribution in [0.15, 0.2) is 122 Å². The van der Waals surface area contributed by atoms with Gasteiger partial charge in [0.25, 0.3) is 0 Å². The number of esters is 3. The molecule has 0 aromatic heterocycles. The van der Waals surface area contributed by atoms with E-state index in [-0.39, 0.29) is 31.1 Å². The van der Waals surface area contributed by atoms with Crippen LogP contribution in [0.3, 0.4) is 0 Å². The molecule has 0 aliphatic heterocycles. The third-order valence-electron chi connectivity index (χ3n) is 13.7. The Labute approximate surface area is 482 Å². The molecule has 444 valence electrons. The van der Waals surface area contributed by atoms with Gasteiger partial charge in [-0.1, -0.05) is 290 Å². The maximum absolute atomic E-state index is 12.9. The van der Waals surface area contributed by atoms with Gasteiger partial charge >= 0.3 is 17.9 Å². The highest BCUT2D eigenvalue weighted by molar-refractivity contribution is 5.71. The minimum absolute atomic E-state index is 0.0997. The van der Waals surface area contributed by atoms with Crippen molar-refractivity contribution in [2.45, 2.75) is 303 Å². The average molecular weight is 1080 g/mol. The van der Waals surface area contributed by atoms with Crippen molar-refractivity contribution >= 4 is 17.9 Å². The highest BCUT2D eigenvalue weighted by Crippen LogP contribution is 2.16. The molecule has 0 saturated heterocycles. The van der Waals surface area contributed by atoms with Gasteiger partial charge < -0.3 is 14.2 Å². The monoisotopic (exact) mass is 1080 g/mol. The van der Waals surface area contributed by atoms with Crippen molar-refractivity contribution in [3.63, 3.8) is 0 Å². The topological polar surface area (TPSA) is 78.9 Å². The number of rotatable bonds is 58. The summed E-state index contributed by atoms with van der Waals surface area (Å²) in [6.07, 6.45) is 90.6. The molecule has 1 unspecified atom stereocenters. The number of allylic oxidation sites excluding steroid dienone is 20.